The lowest BCUT2D eigenvalue weighted by atomic mass is 10.0. The van der Waals surface area contributed by atoms with Gasteiger partial charge in [0.2, 0.25) is 0 Å². The van der Waals surface area contributed by atoms with Gasteiger partial charge in [0.1, 0.15) is 6.07 Å². The highest BCUT2D eigenvalue weighted by Crippen LogP contribution is 2.26. The maximum atomic E-state index is 9.20. The predicted octanol–water partition coefficient (Wildman–Crippen LogP) is 3.75. The monoisotopic (exact) mass is 286 g/mol. The molecular weight excluding hydrogens is 272 g/mol. The summed E-state index contributed by atoms with van der Waals surface area (Å²) in [6.45, 7) is 0.0938. The maximum absolute atomic E-state index is 9.20. The molecule has 0 amide bonds. The number of nitrogens with one attached hydrogen (secondary N) is 1. The standard InChI is InChI=1S/C16H15ClN2O/c17-15-10-14(7-6-13(15)11-18)19-16(8-9-20)12-4-2-1-3-5-12/h1-7,10,16,19-20H,8-9H2/t16-/m0/s1. The van der Waals surface area contributed by atoms with Crippen LogP contribution < -0.4 is 5.32 Å². The van der Waals surface area contributed by atoms with Crippen molar-refractivity contribution >= 4 is 17.3 Å². The van der Waals surface area contributed by atoms with Crippen LogP contribution in [0.4, 0.5) is 5.69 Å². The molecule has 0 radical (unpaired) electrons. The summed E-state index contributed by atoms with van der Waals surface area (Å²) < 4.78 is 0. The number of nitrogens with zero attached hydrogens (tertiary/aromatic N) is 1. The molecule has 2 aromatic carbocycles. The van der Waals surface area contributed by atoms with Crippen molar-refractivity contribution in [1.29, 1.82) is 5.26 Å². The van der Waals surface area contributed by atoms with Crippen LogP contribution in [-0.4, -0.2) is 11.7 Å². The third kappa shape index (κ3) is 3.51. The Morgan fingerprint density at radius 1 is 1.20 bits per heavy atom. The van der Waals surface area contributed by atoms with E-state index in [9.17, 15) is 5.11 Å². The number of rotatable bonds is 5. The molecule has 2 aromatic rings. The van der Waals surface area contributed by atoms with E-state index in [1.54, 1.807) is 12.1 Å². The predicted molar refractivity (Wildman–Crippen MR) is 80.7 cm³/mol. The lowest BCUT2D eigenvalue weighted by molar-refractivity contribution is 0.280. The summed E-state index contributed by atoms with van der Waals surface area (Å²) in [6, 6.07) is 17.2. The Hall–Kier alpha value is -2.02. The second-order valence-corrected chi connectivity index (χ2v) is 4.83. The van der Waals surface area contributed by atoms with Crippen molar-refractivity contribution in [3.05, 3.63) is 64.7 Å². The molecule has 0 saturated heterocycles. The van der Waals surface area contributed by atoms with E-state index in [2.05, 4.69) is 5.32 Å². The highest BCUT2D eigenvalue weighted by Gasteiger charge is 2.11. The Labute approximate surface area is 123 Å². The van der Waals surface area contributed by atoms with Crippen molar-refractivity contribution < 1.29 is 5.11 Å². The van der Waals surface area contributed by atoms with Crippen LogP contribution in [0.15, 0.2) is 48.5 Å². The van der Waals surface area contributed by atoms with Crippen LogP contribution in [0.2, 0.25) is 5.02 Å². The smallest absolute Gasteiger partial charge is 0.101 e. The van der Waals surface area contributed by atoms with Gasteiger partial charge in [-0.3, -0.25) is 0 Å². The zero-order chi connectivity index (χ0) is 14.4. The minimum absolute atomic E-state index is 0.00482. The fourth-order valence-corrected chi connectivity index (χ4v) is 2.26. The maximum Gasteiger partial charge on any atom is 0.101 e. The van der Waals surface area contributed by atoms with E-state index in [4.69, 9.17) is 16.9 Å². The third-order valence-corrected chi connectivity index (χ3v) is 3.36. The average molecular weight is 287 g/mol. The van der Waals surface area contributed by atoms with E-state index in [1.807, 2.05) is 42.5 Å². The highest BCUT2D eigenvalue weighted by atomic mass is 35.5. The summed E-state index contributed by atoms with van der Waals surface area (Å²) in [4.78, 5) is 0. The van der Waals surface area contributed by atoms with Crippen molar-refractivity contribution in [1.82, 2.24) is 0 Å². The van der Waals surface area contributed by atoms with Crippen molar-refractivity contribution in [3.63, 3.8) is 0 Å². The lowest BCUT2D eigenvalue weighted by Gasteiger charge is -2.20. The van der Waals surface area contributed by atoms with Gasteiger partial charge in [-0.05, 0) is 30.2 Å². The van der Waals surface area contributed by atoms with Crippen LogP contribution in [0.3, 0.4) is 0 Å². The highest BCUT2D eigenvalue weighted by molar-refractivity contribution is 6.32. The molecule has 0 unspecified atom stereocenters. The van der Waals surface area contributed by atoms with Crippen LogP contribution in [0.25, 0.3) is 0 Å². The SMILES string of the molecule is N#Cc1ccc(N[C@@H](CCO)c2ccccc2)cc1Cl. The topological polar surface area (TPSA) is 56.0 Å². The van der Waals surface area contributed by atoms with Crippen molar-refractivity contribution in [2.75, 3.05) is 11.9 Å². The molecule has 0 aliphatic carbocycles. The molecule has 0 saturated carbocycles. The number of aliphatic hydroxyl groups is 1. The summed E-state index contributed by atoms with van der Waals surface area (Å²) in [6.07, 6.45) is 0.599. The molecule has 3 nitrogen and oxygen atoms in total. The van der Waals surface area contributed by atoms with Crippen molar-refractivity contribution in [2.24, 2.45) is 0 Å². The molecule has 0 bridgehead atoms. The molecule has 0 aromatic heterocycles. The molecule has 20 heavy (non-hydrogen) atoms. The summed E-state index contributed by atoms with van der Waals surface area (Å²) in [5.41, 5.74) is 2.38. The van der Waals surface area contributed by atoms with Gasteiger partial charge < -0.3 is 10.4 Å². The summed E-state index contributed by atoms with van der Waals surface area (Å²) >= 11 is 6.02. The van der Waals surface area contributed by atoms with Crippen molar-refractivity contribution in [2.45, 2.75) is 12.5 Å². The van der Waals surface area contributed by atoms with Gasteiger partial charge in [-0.25, -0.2) is 0 Å². The van der Waals surface area contributed by atoms with Crippen LogP contribution in [0.1, 0.15) is 23.6 Å². The van der Waals surface area contributed by atoms with E-state index in [0.29, 0.717) is 17.0 Å². The van der Waals surface area contributed by atoms with Crippen LogP contribution in [0, 0.1) is 11.3 Å². The number of hydrogen-bond donors (Lipinski definition) is 2. The quantitative estimate of drug-likeness (QED) is 0.880. The van der Waals surface area contributed by atoms with Gasteiger partial charge in [0.15, 0.2) is 0 Å². The Kier molecular flexibility index (Phi) is 5.00. The fourth-order valence-electron chi connectivity index (χ4n) is 2.03. The van der Waals surface area contributed by atoms with Gasteiger partial charge >= 0.3 is 0 Å². The number of nitriles is 1. The van der Waals surface area contributed by atoms with Gasteiger partial charge in [-0.2, -0.15) is 5.26 Å². The second-order valence-electron chi connectivity index (χ2n) is 4.43. The normalized spacial score (nSPS) is 11.7. The summed E-state index contributed by atoms with van der Waals surface area (Å²) in [5, 5.41) is 21.8. The number of aliphatic hydroxyl groups excluding tert-OH is 1. The van der Waals surface area contributed by atoms with Gasteiger partial charge in [-0.1, -0.05) is 41.9 Å². The number of hydrogen-bond acceptors (Lipinski definition) is 3. The molecule has 2 N–H and O–H groups in total. The summed E-state index contributed by atoms with van der Waals surface area (Å²) in [5.74, 6) is 0. The van der Waals surface area contributed by atoms with Gasteiger partial charge in [0.25, 0.3) is 0 Å². The fraction of sp³-hybridized carbons (Fsp3) is 0.188. The molecule has 1 atom stereocenters. The Balaban J connectivity index is 2.21. The lowest BCUT2D eigenvalue weighted by Crippen LogP contribution is -2.12. The van der Waals surface area contributed by atoms with Gasteiger partial charge in [0, 0.05) is 12.3 Å². The van der Waals surface area contributed by atoms with Crippen LogP contribution >= 0.6 is 11.6 Å². The Morgan fingerprint density at radius 3 is 2.55 bits per heavy atom. The molecule has 0 spiro atoms. The third-order valence-electron chi connectivity index (χ3n) is 3.05. The van der Waals surface area contributed by atoms with Gasteiger partial charge in [-0.15, -0.1) is 0 Å². The molecule has 0 aliphatic heterocycles. The van der Waals surface area contributed by atoms with Crippen LogP contribution in [0.5, 0.6) is 0 Å². The number of halogens is 1. The molecule has 0 fully saturated rings. The Bertz CT molecular complexity index is 608. The molecule has 4 heteroatoms. The number of anilines is 1. The zero-order valence-electron chi connectivity index (χ0n) is 10.9. The average Bonchev–Trinajstić information content (AvgIpc) is 2.48. The first kappa shape index (κ1) is 14.4. The Morgan fingerprint density at radius 2 is 1.95 bits per heavy atom. The largest absolute Gasteiger partial charge is 0.396 e. The van der Waals surface area contributed by atoms with Crippen molar-refractivity contribution in [3.8, 4) is 6.07 Å². The first-order valence-corrected chi connectivity index (χ1v) is 6.74. The molecule has 2 rings (SSSR count). The molecule has 0 heterocycles. The summed E-state index contributed by atoms with van der Waals surface area (Å²) in [7, 11) is 0. The van der Waals surface area contributed by atoms with E-state index in [-0.39, 0.29) is 12.6 Å². The first-order chi connectivity index (χ1) is 9.74. The first-order valence-electron chi connectivity index (χ1n) is 6.36. The van der Waals surface area contributed by atoms with E-state index in [0.717, 1.165) is 11.3 Å². The van der Waals surface area contributed by atoms with Crippen LogP contribution in [-0.2, 0) is 0 Å². The minimum atomic E-state index is 0.00482. The zero-order valence-corrected chi connectivity index (χ0v) is 11.6. The van der Waals surface area contributed by atoms with E-state index >= 15 is 0 Å². The van der Waals surface area contributed by atoms with E-state index in [1.165, 1.54) is 0 Å². The number of benzene rings is 2. The van der Waals surface area contributed by atoms with E-state index < -0.39 is 0 Å². The molecule has 0 aliphatic rings. The van der Waals surface area contributed by atoms with Gasteiger partial charge in [0.05, 0.1) is 16.6 Å². The molecule has 102 valence electrons. The second kappa shape index (κ2) is 6.95. The molecular formula is C16H15ClN2O. The minimum Gasteiger partial charge on any atom is -0.396 e.